The van der Waals surface area contributed by atoms with Gasteiger partial charge in [0.15, 0.2) is 0 Å². The fourth-order valence-electron chi connectivity index (χ4n) is 2.17. The molecule has 0 aliphatic carbocycles. The van der Waals surface area contributed by atoms with Crippen LogP contribution in [0.15, 0.2) is 0 Å². The van der Waals surface area contributed by atoms with Crippen LogP contribution in [0.5, 0.6) is 0 Å². The highest BCUT2D eigenvalue weighted by molar-refractivity contribution is 7.91. The fraction of sp³-hybridized carbons (Fsp3) is 1.00. The molecule has 1 fully saturated rings. The second-order valence-corrected chi connectivity index (χ2v) is 7.10. The Morgan fingerprint density at radius 2 is 2.00 bits per heavy atom. The fourth-order valence-corrected chi connectivity index (χ4v) is 3.66. The molecule has 1 saturated heterocycles. The molecule has 4 heteroatoms. The molecule has 0 aromatic carbocycles. The summed E-state index contributed by atoms with van der Waals surface area (Å²) < 4.78 is 23.4. The van der Waals surface area contributed by atoms with E-state index < -0.39 is 9.84 Å². The third-order valence-corrected chi connectivity index (χ3v) is 5.02. The number of sulfone groups is 1. The van der Waals surface area contributed by atoms with Crippen molar-refractivity contribution in [2.45, 2.75) is 57.9 Å². The summed E-state index contributed by atoms with van der Waals surface area (Å²) in [6.07, 6.45) is 7.36. The summed E-state index contributed by atoms with van der Waals surface area (Å²) in [7, 11) is -2.79. The SMILES string of the molecule is CCCCCS(=O)(=O)CCC1CCCCN1. The van der Waals surface area contributed by atoms with E-state index in [0.29, 0.717) is 17.5 Å². The van der Waals surface area contributed by atoms with E-state index in [9.17, 15) is 8.42 Å². The Morgan fingerprint density at radius 3 is 2.62 bits per heavy atom. The minimum atomic E-state index is -2.79. The van der Waals surface area contributed by atoms with Crippen molar-refractivity contribution in [3.63, 3.8) is 0 Å². The maximum atomic E-state index is 11.7. The highest BCUT2D eigenvalue weighted by atomic mass is 32.2. The molecule has 1 unspecified atom stereocenters. The van der Waals surface area contributed by atoms with Crippen molar-refractivity contribution in [3.05, 3.63) is 0 Å². The second kappa shape index (κ2) is 7.28. The van der Waals surface area contributed by atoms with Crippen molar-refractivity contribution in [1.82, 2.24) is 5.32 Å². The Morgan fingerprint density at radius 1 is 1.19 bits per heavy atom. The number of unbranched alkanes of at least 4 members (excludes halogenated alkanes) is 2. The number of nitrogens with one attached hydrogen (secondary N) is 1. The van der Waals surface area contributed by atoms with Gasteiger partial charge in [0.25, 0.3) is 0 Å². The van der Waals surface area contributed by atoms with Crippen LogP contribution in [0.1, 0.15) is 51.9 Å². The van der Waals surface area contributed by atoms with Gasteiger partial charge < -0.3 is 5.32 Å². The van der Waals surface area contributed by atoms with Crippen molar-refractivity contribution in [2.75, 3.05) is 18.1 Å². The van der Waals surface area contributed by atoms with E-state index in [2.05, 4.69) is 12.2 Å². The zero-order chi connectivity index (χ0) is 11.9. The molecule has 1 aliphatic rings. The van der Waals surface area contributed by atoms with Gasteiger partial charge in [-0.15, -0.1) is 0 Å². The van der Waals surface area contributed by atoms with Crippen molar-refractivity contribution in [3.8, 4) is 0 Å². The maximum absolute atomic E-state index is 11.7. The summed E-state index contributed by atoms with van der Waals surface area (Å²) >= 11 is 0. The third-order valence-electron chi connectivity index (χ3n) is 3.25. The lowest BCUT2D eigenvalue weighted by Crippen LogP contribution is -2.35. The van der Waals surface area contributed by atoms with Crippen molar-refractivity contribution in [1.29, 1.82) is 0 Å². The van der Waals surface area contributed by atoms with Gasteiger partial charge in [-0.25, -0.2) is 8.42 Å². The molecule has 0 radical (unpaired) electrons. The van der Waals surface area contributed by atoms with Crippen LogP contribution >= 0.6 is 0 Å². The van der Waals surface area contributed by atoms with Crippen LogP contribution in [0.25, 0.3) is 0 Å². The van der Waals surface area contributed by atoms with Crippen LogP contribution in [0.2, 0.25) is 0 Å². The lowest BCUT2D eigenvalue weighted by atomic mass is 10.0. The summed E-state index contributed by atoms with van der Waals surface area (Å²) in [5.74, 6) is 0.752. The highest BCUT2D eigenvalue weighted by Gasteiger charge is 2.16. The largest absolute Gasteiger partial charge is 0.314 e. The molecule has 1 aliphatic heterocycles. The van der Waals surface area contributed by atoms with Gasteiger partial charge in [0.1, 0.15) is 9.84 Å². The van der Waals surface area contributed by atoms with E-state index in [1.165, 1.54) is 12.8 Å². The molecule has 1 atom stereocenters. The van der Waals surface area contributed by atoms with Gasteiger partial charge in [0.05, 0.1) is 11.5 Å². The molecule has 1 heterocycles. The average molecular weight is 247 g/mol. The van der Waals surface area contributed by atoms with E-state index in [4.69, 9.17) is 0 Å². The average Bonchev–Trinajstić information content (AvgIpc) is 2.28. The highest BCUT2D eigenvalue weighted by Crippen LogP contribution is 2.12. The molecule has 0 aromatic heterocycles. The quantitative estimate of drug-likeness (QED) is 0.701. The van der Waals surface area contributed by atoms with Gasteiger partial charge in [0, 0.05) is 6.04 Å². The van der Waals surface area contributed by atoms with Crippen LogP contribution in [0, 0.1) is 0 Å². The minimum absolute atomic E-state index is 0.369. The van der Waals surface area contributed by atoms with Crippen LogP contribution in [0.4, 0.5) is 0 Å². The van der Waals surface area contributed by atoms with Crippen molar-refractivity contribution in [2.24, 2.45) is 0 Å². The first-order chi connectivity index (χ1) is 7.64. The van der Waals surface area contributed by atoms with Crippen LogP contribution in [-0.2, 0) is 9.84 Å². The Balaban J connectivity index is 2.18. The molecule has 0 bridgehead atoms. The Bertz CT molecular complexity index is 269. The standard InChI is InChI=1S/C12H25NO2S/c1-2-3-6-10-16(14,15)11-8-12-7-4-5-9-13-12/h12-13H,2-11H2,1H3. The molecule has 96 valence electrons. The van der Waals surface area contributed by atoms with Crippen LogP contribution in [0.3, 0.4) is 0 Å². The van der Waals surface area contributed by atoms with Crippen molar-refractivity contribution < 1.29 is 8.42 Å². The summed E-state index contributed by atoms with van der Waals surface area (Å²) in [6, 6.07) is 0.440. The number of hydrogen-bond donors (Lipinski definition) is 1. The normalized spacial score (nSPS) is 22.2. The lowest BCUT2D eigenvalue weighted by Gasteiger charge is -2.23. The molecule has 1 rings (SSSR count). The topological polar surface area (TPSA) is 46.2 Å². The molecule has 3 nitrogen and oxygen atoms in total. The smallest absolute Gasteiger partial charge is 0.150 e. The van der Waals surface area contributed by atoms with Gasteiger partial charge in [-0.2, -0.15) is 0 Å². The molecule has 16 heavy (non-hydrogen) atoms. The summed E-state index contributed by atoms with van der Waals surface area (Å²) in [4.78, 5) is 0. The monoisotopic (exact) mass is 247 g/mol. The summed E-state index contributed by atoms with van der Waals surface area (Å²) in [5, 5.41) is 3.39. The van der Waals surface area contributed by atoms with Gasteiger partial charge in [-0.1, -0.05) is 26.2 Å². The lowest BCUT2D eigenvalue weighted by molar-refractivity contribution is 0.392. The summed E-state index contributed by atoms with van der Waals surface area (Å²) in [6.45, 7) is 3.15. The number of hydrogen-bond acceptors (Lipinski definition) is 3. The van der Waals surface area contributed by atoms with E-state index in [1.807, 2.05) is 0 Å². The first kappa shape index (κ1) is 14.0. The van der Waals surface area contributed by atoms with Crippen molar-refractivity contribution >= 4 is 9.84 Å². The van der Waals surface area contributed by atoms with Gasteiger partial charge in [-0.3, -0.25) is 0 Å². The Hall–Kier alpha value is -0.0900. The van der Waals surface area contributed by atoms with E-state index in [0.717, 1.165) is 38.6 Å². The van der Waals surface area contributed by atoms with E-state index in [-0.39, 0.29) is 0 Å². The molecule has 0 spiro atoms. The zero-order valence-corrected chi connectivity index (χ0v) is 11.2. The maximum Gasteiger partial charge on any atom is 0.150 e. The van der Waals surface area contributed by atoms with Crippen LogP contribution < -0.4 is 5.32 Å². The van der Waals surface area contributed by atoms with E-state index in [1.54, 1.807) is 0 Å². The van der Waals surface area contributed by atoms with E-state index >= 15 is 0 Å². The summed E-state index contributed by atoms with van der Waals surface area (Å²) in [5.41, 5.74) is 0. The number of piperidine rings is 1. The predicted molar refractivity (Wildman–Crippen MR) is 68.4 cm³/mol. The van der Waals surface area contributed by atoms with Gasteiger partial charge >= 0.3 is 0 Å². The minimum Gasteiger partial charge on any atom is -0.314 e. The Kier molecular flexibility index (Phi) is 6.36. The predicted octanol–water partition coefficient (Wildman–Crippen LogP) is 2.12. The molecule has 0 amide bonds. The molecular weight excluding hydrogens is 222 g/mol. The molecular formula is C12H25NO2S. The molecule has 1 N–H and O–H groups in total. The Labute approximate surface area is 99.9 Å². The molecule has 0 saturated carbocycles. The van der Waals surface area contributed by atoms with Gasteiger partial charge in [-0.05, 0) is 32.2 Å². The first-order valence-electron chi connectivity index (χ1n) is 6.58. The number of rotatable bonds is 7. The van der Waals surface area contributed by atoms with Crippen LogP contribution in [-0.4, -0.2) is 32.5 Å². The second-order valence-electron chi connectivity index (χ2n) is 4.79. The van der Waals surface area contributed by atoms with Gasteiger partial charge in [0.2, 0.25) is 0 Å². The zero-order valence-electron chi connectivity index (χ0n) is 10.4. The molecule has 0 aromatic rings. The third kappa shape index (κ3) is 5.85. The first-order valence-corrected chi connectivity index (χ1v) is 8.40.